The molecular formula is C16H20BrNO2S. The number of nitrogens with zero attached hydrogens (tertiary/aromatic N) is 1. The minimum absolute atomic E-state index is 0.00463. The highest BCUT2D eigenvalue weighted by Gasteiger charge is 2.51. The fourth-order valence-electron chi connectivity index (χ4n) is 3.31. The van der Waals surface area contributed by atoms with Gasteiger partial charge in [-0.15, -0.1) is 0 Å². The largest absolute Gasteiger partial charge is 0.243 e. The van der Waals surface area contributed by atoms with Gasteiger partial charge >= 0.3 is 0 Å². The summed E-state index contributed by atoms with van der Waals surface area (Å²) in [4.78, 5) is 0.481. The van der Waals surface area contributed by atoms with Crippen molar-refractivity contribution in [1.29, 1.82) is 0 Å². The average Bonchev–Trinajstić information content (AvgIpc) is 2.75. The summed E-state index contributed by atoms with van der Waals surface area (Å²) in [7, 11) is -3.43. The smallest absolute Gasteiger partial charge is 0.207 e. The molecule has 0 N–H and O–H groups in total. The Balaban J connectivity index is 2.00. The van der Waals surface area contributed by atoms with E-state index in [0.717, 1.165) is 12.0 Å². The molecule has 0 saturated carbocycles. The molecular weight excluding hydrogens is 350 g/mol. The maximum Gasteiger partial charge on any atom is 0.243 e. The number of benzene rings is 1. The van der Waals surface area contributed by atoms with Gasteiger partial charge in [-0.25, -0.2) is 8.42 Å². The molecule has 3 rings (SSSR count). The lowest BCUT2D eigenvalue weighted by atomic mass is 9.76. The van der Waals surface area contributed by atoms with Gasteiger partial charge in [-0.3, -0.25) is 0 Å². The van der Waals surface area contributed by atoms with Crippen molar-refractivity contribution in [1.82, 2.24) is 4.31 Å². The van der Waals surface area contributed by atoms with Crippen LogP contribution < -0.4 is 0 Å². The summed E-state index contributed by atoms with van der Waals surface area (Å²) in [6, 6.07) is 7.13. The molecule has 21 heavy (non-hydrogen) atoms. The van der Waals surface area contributed by atoms with Crippen LogP contribution in [0, 0.1) is 12.3 Å². The van der Waals surface area contributed by atoms with E-state index in [1.54, 1.807) is 16.4 Å². The monoisotopic (exact) mass is 369 g/mol. The summed E-state index contributed by atoms with van der Waals surface area (Å²) in [6.45, 7) is 6.79. The van der Waals surface area contributed by atoms with Crippen molar-refractivity contribution in [2.24, 2.45) is 5.41 Å². The molecule has 0 aromatic heterocycles. The lowest BCUT2D eigenvalue weighted by Crippen LogP contribution is -2.39. The lowest BCUT2D eigenvalue weighted by Gasteiger charge is -2.30. The molecule has 1 aromatic carbocycles. The Labute approximate surface area is 135 Å². The number of hydrogen-bond acceptors (Lipinski definition) is 2. The van der Waals surface area contributed by atoms with Crippen LogP contribution in [0.25, 0.3) is 0 Å². The fraction of sp³-hybridized carbons (Fsp3) is 0.500. The Kier molecular flexibility index (Phi) is 3.58. The number of hydrogen-bond donors (Lipinski definition) is 0. The minimum Gasteiger partial charge on any atom is -0.207 e. The first-order valence-corrected chi connectivity index (χ1v) is 9.51. The Bertz CT molecular complexity index is 695. The summed E-state index contributed by atoms with van der Waals surface area (Å²) < 4.78 is 27.6. The molecule has 1 saturated heterocycles. The molecule has 2 bridgehead atoms. The molecule has 114 valence electrons. The highest BCUT2D eigenvalue weighted by atomic mass is 79.9. The molecule has 3 nitrogen and oxygen atoms in total. The van der Waals surface area contributed by atoms with Gasteiger partial charge < -0.3 is 0 Å². The molecule has 1 aliphatic heterocycles. The second-order valence-corrected chi connectivity index (χ2v) is 9.44. The quantitative estimate of drug-likeness (QED) is 0.590. The minimum atomic E-state index is -3.43. The van der Waals surface area contributed by atoms with Crippen LogP contribution in [0.2, 0.25) is 0 Å². The summed E-state index contributed by atoms with van der Waals surface area (Å²) in [6.07, 6.45) is 3.05. The predicted molar refractivity (Wildman–Crippen MR) is 88.1 cm³/mol. The van der Waals surface area contributed by atoms with Crippen LogP contribution in [0.3, 0.4) is 0 Å². The van der Waals surface area contributed by atoms with Crippen molar-refractivity contribution in [2.75, 3.05) is 6.54 Å². The van der Waals surface area contributed by atoms with Crippen molar-refractivity contribution in [3.05, 3.63) is 41.5 Å². The van der Waals surface area contributed by atoms with E-state index in [0.29, 0.717) is 11.4 Å². The molecule has 5 heteroatoms. The van der Waals surface area contributed by atoms with Crippen LogP contribution in [0.4, 0.5) is 0 Å². The third-order valence-electron chi connectivity index (χ3n) is 4.89. The number of fused-ring (bicyclic) bond motifs is 2. The Morgan fingerprint density at radius 3 is 2.48 bits per heavy atom. The molecule has 1 fully saturated rings. The number of halogens is 1. The van der Waals surface area contributed by atoms with Crippen LogP contribution in [0.15, 0.2) is 40.8 Å². The average molecular weight is 370 g/mol. The molecule has 0 spiro atoms. The molecule has 1 aliphatic carbocycles. The molecule has 0 unspecified atom stereocenters. The van der Waals surface area contributed by atoms with E-state index >= 15 is 0 Å². The van der Waals surface area contributed by atoms with Gasteiger partial charge in [-0.05, 0) is 32.4 Å². The predicted octanol–water partition coefficient (Wildman–Crippen LogP) is 3.49. The van der Waals surface area contributed by atoms with Gasteiger partial charge in [-0.1, -0.05) is 52.2 Å². The maximum absolute atomic E-state index is 13.0. The number of aryl methyl sites for hydroxylation is 1. The lowest BCUT2D eigenvalue weighted by molar-refractivity contribution is 0.391. The third kappa shape index (κ3) is 2.39. The van der Waals surface area contributed by atoms with Crippen molar-refractivity contribution < 1.29 is 8.42 Å². The van der Waals surface area contributed by atoms with E-state index in [4.69, 9.17) is 0 Å². The second kappa shape index (κ2) is 4.93. The zero-order chi connectivity index (χ0) is 15.4. The normalized spacial score (nSPS) is 33.0. The van der Waals surface area contributed by atoms with Gasteiger partial charge in [0.05, 0.1) is 4.90 Å². The zero-order valence-electron chi connectivity index (χ0n) is 12.5. The van der Waals surface area contributed by atoms with E-state index in [-0.39, 0.29) is 16.3 Å². The van der Waals surface area contributed by atoms with Crippen molar-refractivity contribution >= 4 is 26.0 Å². The highest BCUT2D eigenvalue weighted by Crippen LogP contribution is 2.49. The highest BCUT2D eigenvalue weighted by molar-refractivity contribution is 9.09. The fourth-order valence-corrected chi connectivity index (χ4v) is 6.10. The van der Waals surface area contributed by atoms with E-state index in [2.05, 4.69) is 35.9 Å². The summed E-state index contributed by atoms with van der Waals surface area (Å²) in [5.74, 6) is 0. The second-order valence-electron chi connectivity index (χ2n) is 6.49. The Morgan fingerprint density at radius 1 is 1.24 bits per heavy atom. The number of rotatable bonds is 2. The molecule has 0 radical (unpaired) electrons. The Morgan fingerprint density at radius 2 is 1.86 bits per heavy atom. The topological polar surface area (TPSA) is 37.4 Å². The standard InChI is InChI=1S/C16H20BrNO2S/c1-11-4-6-13(7-5-11)21(19,20)18-10-16(3)9-15(18)14(17)8-12(16)2/h4-8,14-15H,9-10H2,1-3H3/t14-,15-,16+/m1/s1. The van der Waals surface area contributed by atoms with Crippen LogP contribution in [0.1, 0.15) is 25.8 Å². The van der Waals surface area contributed by atoms with Gasteiger partial charge in [0.2, 0.25) is 10.0 Å². The van der Waals surface area contributed by atoms with E-state index in [1.165, 1.54) is 5.57 Å². The first kappa shape index (κ1) is 15.3. The van der Waals surface area contributed by atoms with Gasteiger partial charge in [0.1, 0.15) is 0 Å². The van der Waals surface area contributed by atoms with Crippen LogP contribution in [-0.2, 0) is 10.0 Å². The van der Waals surface area contributed by atoms with Crippen molar-refractivity contribution in [3.63, 3.8) is 0 Å². The molecule has 3 atom stereocenters. The number of sulfonamides is 1. The van der Waals surface area contributed by atoms with Gasteiger partial charge in [0.25, 0.3) is 0 Å². The van der Waals surface area contributed by atoms with E-state index < -0.39 is 10.0 Å². The van der Waals surface area contributed by atoms with E-state index in [1.807, 2.05) is 19.1 Å². The van der Waals surface area contributed by atoms with Crippen molar-refractivity contribution in [3.8, 4) is 0 Å². The van der Waals surface area contributed by atoms with Crippen LogP contribution >= 0.6 is 15.9 Å². The molecule has 0 amide bonds. The van der Waals surface area contributed by atoms with E-state index in [9.17, 15) is 8.42 Å². The van der Waals surface area contributed by atoms with Crippen LogP contribution in [0.5, 0.6) is 0 Å². The van der Waals surface area contributed by atoms with Crippen LogP contribution in [-0.4, -0.2) is 30.1 Å². The number of alkyl halides is 1. The van der Waals surface area contributed by atoms with Gasteiger partial charge in [0, 0.05) is 22.8 Å². The van der Waals surface area contributed by atoms with Gasteiger partial charge in [0.15, 0.2) is 0 Å². The molecule has 1 aromatic rings. The third-order valence-corrected chi connectivity index (χ3v) is 7.65. The summed E-state index contributed by atoms with van der Waals surface area (Å²) >= 11 is 3.64. The first-order chi connectivity index (χ1) is 9.74. The SMILES string of the molecule is CC1=C[C@@H](Br)[C@H]2C[C@@]1(C)CN2S(=O)(=O)c1ccc(C)cc1. The van der Waals surface area contributed by atoms with Crippen molar-refractivity contribution in [2.45, 2.75) is 43.0 Å². The summed E-state index contributed by atoms with van der Waals surface area (Å²) in [5, 5.41) is 0. The molecule has 1 heterocycles. The van der Waals surface area contributed by atoms with Gasteiger partial charge in [-0.2, -0.15) is 4.31 Å². The molecule has 2 aliphatic rings. The Hall–Kier alpha value is -0.650. The zero-order valence-corrected chi connectivity index (χ0v) is 14.9. The maximum atomic E-state index is 13.0. The first-order valence-electron chi connectivity index (χ1n) is 7.15. The summed E-state index contributed by atoms with van der Waals surface area (Å²) in [5.41, 5.74) is 2.31.